The molecule has 0 bridgehead atoms. The van der Waals surface area contributed by atoms with Crippen LogP contribution in [0, 0.1) is 6.92 Å². The molecule has 5 nitrogen and oxygen atoms in total. The van der Waals surface area contributed by atoms with Gasteiger partial charge in [0, 0.05) is 56.5 Å². The predicted molar refractivity (Wildman–Crippen MR) is 153 cm³/mol. The molecule has 1 aromatic heterocycles. The number of nitrogens with zero attached hydrogens (tertiary/aromatic N) is 3. The Bertz CT molecular complexity index is 1020. The van der Waals surface area contributed by atoms with Crippen molar-refractivity contribution >= 4 is 23.2 Å². The number of amides is 2. The maximum absolute atomic E-state index is 13.2. The second-order valence-electron chi connectivity index (χ2n) is 10.9. The fraction of sp³-hybridized carbons (Fsp3) is 0.613. The first-order chi connectivity index (χ1) is 18.0. The zero-order valence-corrected chi connectivity index (χ0v) is 23.9. The fourth-order valence-electron chi connectivity index (χ4n) is 5.90. The second-order valence-corrected chi connectivity index (χ2v) is 11.9. The first-order valence-electron chi connectivity index (χ1n) is 14.4. The van der Waals surface area contributed by atoms with Crippen molar-refractivity contribution in [2.45, 2.75) is 90.6 Å². The zero-order chi connectivity index (χ0) is 26.2. The summed E-state index contributed by atoms with van der Waals surface area (Å²) in [6, 6.07) is 11.4. The van der Waals surface area contributed by atoms with Crippen LogP contribution in [0.25, 0.3) is 0 Å². The Labute approximate surface area is 227 Å². The minimum Gasteiger partial charge on any atom is -0.339 e. The van der Waals surface area contributed by atoms with Crippen LogP contribution < -0.4 is 0 Å². The molecule has 202 valence electrons. The van der Waals surface area contributed by atoms with Gasteiger partial charge in [0.15, 0.2) is 0 Å². The molecule has 0 saturated carbocycles. The first kappa shape index (κ1) is 27.8. The molecule has 0 spiro atoms. The van der Waals surface area contributed by atoms with Crippen LogP contribution in [0.15, 0.2) is 35.7 Å². The smallest absolute Gasteiger partial charge is 0.223 e. The van der Waals surface area contributed by atoms with Crippen LogP contribution in [0.4, 0.5) is 0 Å². The summed E-state index contributed by atoms with van der Waals surface area (Å²) in [7, 11) is 0. The zero-order valence-electron chi connectivity index (χ0n) is 23.1. The lowest BCUT2D eigenvalue weighted by Gasteiger charge is -2.41. The van der Waals surface area contributed by atoms with Crippen molar-refractivity contribution in [2.75, 3.05) is 32.7 Å². The maximum Gasteiger partial charge on any atom is 0.223 e. The third-order valence-corrected chi connectivity index (χ3v) is 9.11. The van der Waals surface area contributed by atoms with Gasteiger partial charge in [-0.25, -0.2) is 0 Å². The van der Waals surface area contributed by atoms with Gasteiger partial charge in [0.2, 0.25) is 11.8 Å². The number of carbonyl (C=O) groups is 2. The van der Waals surface area contributed by atoms with Gasteiger partial charge in [-0.2, -0.15) is 0 Å². The summed E-state index contributed by atoms with van der Waals surface area (Å²) in [4.78, 5) is 34.0. The van der Waals surface area contributed by atoms with Gasteiger partial charge in [-0.1, -0.05) is 68.9 Å². The minimum atomic E-state index is 0.0916. The topological polar surface area (TPSA) is 43.9 Å². The van der Waals surface area contributed by atoms with Crippen LogP contribution in [-0.4, -0.2) is 65.3 Å². The first-order valence-corrected chi connectivity index (χ1v) is 15.3. The van der Waals surface area contributed by atoms with Gasteiger partial charge in [-0.05, 0) is 49.3 Å². The molecule has 2 aliphatic rings. The highest BCUT2D eigenvalue weighted by Crippen LogP contribution is 2.37. The molecule has 2 aliphatic heterocycles. The van der Waals surface area contributed by atoms with Crippen LogP contribution in [0.2, 0.25) is 0 Å². The monoisotopic (exact) mass is 523 g/mol. The molecule has 2 aromatic rings. The van der Waals surface area contributed by atoms with Crippen molar-refractivity contribution in [1.29, 1.82) is 0 Å². The Morgan fingerprint density at radius 2 is 1.68 bits per heavy atom. The van der Waals surface area contributed by atoms with Gasteiger partial charge in [-0.3, -0.25) is 14.5 Å². The van der Waals surface area contributed by atoms with Crippen LogP contribution in [-0.2, 0) is 16.0 Å². The van der Waals surface area contributed by atoms with E-state index in [1.165, 1.54) is 47.3 Å². The number of unbranched alkanes of at least 4 members (excludes halogenated alkanes) is 5. The Hall–Kier alpha value is -2.18. The highest BCUT2D eigenvalue weighted by atomic mass is 32.1. The Morgan fingerprint density at radius 1 is 0.919 bits per heavy atom. The number of aryl methyl sites for hydroxylation is 1. The number of carbonyl (C=O) groups excluding carboxylic acids is 2. The summed E-state index contributed by atoms with van der Waals surface area (Å²) in [5, 5.41) is 2.20. The standard InChI is InChI=1S/C31H45N3O2S/c1-4-5-6-7-8-9-10-30(36)34-21-20-33(23-25(34)3)29(35)16-19-32-18-15-28-27(17-22-37-28)31(32)26-13-11-24(2)12-14-26/h11-14,17,22,25,31H,4-10,15-16,18-21,23H2,1-3H3/t25-,31-/m1/s1. The van der Waals surface area contributed by atoms with E-state index in [0.29, 0.717) is 32.5 Å². The highest BCUT2D eigenvalue weighted by molar-refractivity contribution is 7.10. The molecule has 0 aliphatic carbocycles. The number of fused-ring (bicyclic) bond motifs is 1. The van der Waals surface area contributed by atoms with Crippen molar-refractivity contribution in [3.63, 3.8) is 0 Å². The SMILES string of the molecule is CCCCCCCCC(=O)N1CCN(C(=O)CCN2CCc3sccc3[C@H]2c2ccc(C)cc2)C[C@H]1C. The fourth-order valence-corrected chi connectivity index (χ4v) is 6.80. The highest BCUT2D eigenvalue weighted by Gasteiger charge is 2.32. The van der Waals surface area contributed by atoms with Crippen molar-refractivity contribution in [1.82, 2.24) is 14.7 Å². The summed E-state index contributed by atoms with van der Waals surface area (Å²) in [6.07, 6.45) is 9.41. The Balaban J connectivity index is 1.27. The van der Waals surface area contributed by atoms with E-state index in [1.54, 1.807) is 0 Å². The van der Waals surface area contributed by atoms with Gasteiger partial charge in [0.1, 0.15) is 0 Å². The molecule has 1 aromatic carbocycles. The predicted octanol–water partition coefficient (Wildman–Crippen LogP) is 6.20. The second kappa shape index (κ2) is 13.6. The molecule has 37 heavy (non-hydrogen) atoms. The van der Waals surface area contributed by atoms with Gasteiger partial charge in [-0.15, -0.1) is 11.3 Å². The molecule has 1 fully saturated rings. The summed E-state index contributed by atoms with van der Waals surface area (Å²) < 4.78 is 0. The summed E-state index contributed by atoms with van der Waals surface area (Å²) in [5.74, 6) is 0.476. The van der Waals surface area contributed by atoms with Gasteiger partial charge in [0.25, 0.3) is 0 Å². The van der Waals surface area contributed by atoms with Crippen molar-refractivity contribution in [2.24, 2.45) is 0 Å². The molecule has 2 atom stereocenters. The third kappa shape index (κ3) is 7.23. The average molecular weight is 524 g/mol. The number of thiophene rings is 1. The number of hydrogen-bond donors (Lipinski definition) is 0. The van der Waals surface area contributed by atoms with Crippen molar-refractivity contribution < 1.29 is 9.59 Å². The lowest BCUT2D eigenvalue weighted by atomic mass is 9.92. The molecule has 2 amide bonds. The molecular formula is C31H45N3O2S. The Morgan fingerprint density at radius 3 is 2.43 bits per heavy atom. The van der Waals surface area contributed by atoms with E-state index in [-0.39, 0.29) is 23.9 Å². The summed E-state index contributed by atoms with van der Waals surface area (Å²) in [6.45, 7) is 10.2. The normalized spacial score (nSPS) is 20.2. The Kier molecular flexibility index (Phi) is 10.2. The quantitative estimate of drug-likeness (QED) is 0.329. The van der Waals surface area contributed by atoms with Crippen LogP contribution in [0.3, 0.4) is 0 Å². The van der Waals surface area contributed by atoms with E-state index in [4.69, 9.17) is 0 Å². The molecule has 0 N–H and O–H groups in total. The molecular weight excluding hydrogens is 478 g/mol. The van der Waals surface area contributed by atoms with E-state index in [0.717, 1.165) is 32.4 Å². The van der Waals surface area contributed by atoms with Crippen molar-refractivity contribution in [3.05, 3.63) is 57.3 Å². The van der Waals surface area contributed by atoms with Gasteiger partial charge >= 0.3 is 0 Å². The lowest BCUT2D eigenvalue weighted by Crippen LogP contribution is -2.55. The number of rotatable bonds is 11. The lowest BCUT2D eigenvalue weighted by molar-refractivity contribution is -0.142. The van der Waals surface area contributed by atoms with Gasteiger partial charge < -0.3 is 9.80 Å². The van der Waals surface area contributed by atoms with E-state index in [1.807, 2.05) is 21.1 Å². The third-order valence-electron chi connectivity index (χ3n) is 8.12. The molecule has 3 heterocycles. The van der Waals surface area contributed by atoms with Crippen LogP contribution >= 0.6 is 11.3 Å². The molecule has 6 heteroatoms. The summed E-state index contributed by atoms with van der Waals surface area (Å²) in [5.41, 5.74) is 3.98. The molecule has 4 rings (SSSR count). The largest absolute Gasteiger partial charge is 0.339 e. The molecule has 0 radical (unpaired) electrons. The van der Waals surface area contributed by atoms with Gasteiger partial charge in [0.05, 0.1) is 6.04 Å². The summed E-state index contributed by atoms with van der Waals surface area (Å²) >= 11 is 1.85. The van der Waals surface area contributed by atoms with Crippen LogP contribution in [0.1, 0.15) is 92.8 Å². The average Bonchev–Trinajstić information content (AvgIpc) is 3.38. The minimum absolute atomic E-state index is 0.0916. The van der Waals surface area contributed by atoms with E-state index in [2.05, 4.69) is 61.4 Å². The molecule has 0 unspecified atom stereocenters. The van der Waals surface area contributed by atoms with E-state index >= 15 is 0 Å². The maximum atomic E-state index is 13.2. The number of piperazine rings is 1. The number of benzene rings is 1. The number of hydrogen-bond acceptors (Lipinski definition) is 4. The molecule has 1 saturated heterocycles. The van der Waals surface area contributed by atoms with Crippen molar-refractivity contribution in [3.8, 4) is 0 Å². The van der Waals surface area contributed by atoms with Crippen LogP contribution in [0.5, 0.6) is 0 Å². The van der Waals surface area contributed by atoms with E-state index < -0.39 is 0 Å². The van der Waals surface area contributed by atoms with E-state index in [9.17, 15) is 9.59 Å².